The number of aromatic nitrogens is 2. The largest absolute Gasteiger partial charge is 0.322 e. The summed E-state index contributed by atoms with van der Waals surface area (Å²) < 4.78 is 0. The first kappa shape index (κ1) is 11.0. The van der Waals surface area contributed by atoms with Crippen LogP contribution in [-0.4, -0.2) is 10.2 Å². The van der Waals surface area contributed by atoms with Crippen LogP contribution in [0, 0.1) is 0 Å². The van der Waals surface area contributed by atoms with Crippen molar-refractivity contribution in [1.82, 2.24) is 10.2 Å². The molecule has 0 spiro atoms. The third-order valence-corrected chi connectivity index (χ3v) is 4.73. The molecule has 0 radical (unpaired) electrons. The molecule has 4 heteroatoms. The summed E-state index contributed by atoms with van der Waals surface area (Å²) >= 11 is 1.70. The van der Waals surface area contributed by atoms with Crippen molar-refractivity contribution in [3.63, 3.8) is 0 Å². The van der Waals surface area contributed by atoms with Gasteiger partial charge < -0.3 is 5.73 Å². The van der Waals surface area contributed by atoms with Gasteiger partial charge in [-0.25, -0.2) is 0 Å². The Kier molecular flexibility index (Phi) is 3.07. The fraction of sp³-hybridized carbons (Fsp3) is 0.818. The van der Waals surface area contributed by atoms with E-state index < -0.39 is 0 Å². The van der Waals surface area contributed by atoms with Crippen molar-refractivity contribution in [2.75, 3.05) is 0 Å². The second-order valence-electron chi connectivity index (χ2n) is 4.86. The molecule has 1 aromatic rings. The number of hydrogen-bond acceptors (Lipinski definition) is 4. The van der Waals surface area contributed by atoms with Crippen LogP contribution in [0.25, 0.3) is 0 Å². The van der Waals surface area contributed by atoms with Gasteiger partial charge in [0.25, 0.3) is 0 Å². The lowest BCUT2D eigenvalue weighted by Gasteiger charge is -2.30. The first-order valence-electron chi connectivity index (χ1n) is 5.71. The lowest BCUT2D eigenvalue weighted by molar-refractivity contribution is 0.317. The highest BCUT2D eigenvalue weighted by Gasteiger charge is 2.32. The monoisotopic (exact) mass is 225 g/mol. The summed E-state index contributed by atoms with van der Waals surface area (Å²) in [5.41, 5.74) is 6.07. The molecule has 15 heavy (non-hydrogen) atoms. The van der Waals surface area contributed by atoms with E-state index in [4.69, 9.17) is 5.73 Å². The van der Waals surface area contributed by atoms with Gasteiger partial charge in [0.15, 0.2) is 0 Å². The van der Waals surface area contributed by atoms with Crippen LogP contribution in [0.1, 0.15) is 62.0 Å². The molecule has 1 unspecified atom stereocenters. The Labute approximate surface area is 95.1 Å². The number of nitrogens with zero attached hydrogens (tertiary/aromatic N) is 2. The minimum absolute atomic E-state index is 0.0171. The highest BCUT2D eigenvalue weighted by molar-refractivity contribution is 7.11. The lowest BCUT2D eigenvalue weighted by atomic mass is 9.76. The molecule has 0 amide bonds. The maximum Gasteiger partial charge on any atom is 0.133 e. The molecule has 0 bridgehead atoms. The highest BCUT2D eigenvalue weighted by atomic mass is 32.1. The molecule has 1 saturated carbocycles. The predicted molar refractivity (Wildman–Crippen MR) is 62.9 cm³/mol. The van der Waals surface area contributed by atoms with E-state index in [9.17, 15) is 0 Å². The normalized spacial score (nSPS) is 22.6. The van der Waals surface area contributed by atoms with Crippen molar-refractivity contribution in [1.29, 1.82) is 0 Å². The van der Waals surface area contributed by atoms with Crippen LogP contribution in [0.2, 0.25) is 0 Å². The topological polar surface area (TPSA) is 51.8 Å². The Balaban J connectivity index is 2.20. The predicted octanol–water partition coefficient (Wildman–Crippen LogP) is 2.78. The summed E-state index contributed by atoms with van der Waals surface area (Å²) in [6, 6.07) is 0.0171. The molecule has 1 aliphatic carbocycles. The lowest BCUT2D eigenvalue weighted by Crippen LogP contribution is -2.24. The van der Waals surface area contributed by atoms with E-state index in [1.54, 1.807) is 11.3 Å². The van der Waals surface area contributed by atoms with Crippen LogP contribution in [0.4, 0.5) is 0 Å². The Hall–Kier alpha value is -0.480. The number of nitrogens with two attached hydrogens (primary N) is 1. The molecule has 0 saturated heterocycles. The molecule has 1 aromatic heterocycles. The zero-order valence-electron chi connectivity index (χ0n) is 9.49. The van der Waals surface area contributed by atoms with Crippen molar-refractivity contribution in [2.45, 2.75) is 57.4 Å². The Bertz CT molecular complexity index is 326. The molecule has 1 atom stereocenters. The van der Waals surface area contributed by atoms with Crippen LogP contribution >= 0.6 is 11.3 Å². The van der Waals surface area contributed by atoms with E-state index in [0.717, 1.165) is 5.01 Å². The maximum absolute atomic E-state index is 5.81. The van der Waals surface area contributed by atoms with E-state index in [2.05, 4.69) is 17.1 Å². The average Bonchev–Trinajstić information content (AvgIpc) is 2.68. The van der Waals surface area contributed by atoms with Gasteiger partial charge in [-0.3, -0.25) is 0 Å². The molecule has 0 aromatic carbocycles. The summed E-state index contributed by atoms with van der Waals surface area (Å²) in [5, 5.41) is 10.7. The highest BCUT2D eigenvalue weighted by Crippen LogP contribution is 2.40. The van der Waals surface area contributed by atoms with E-state index in [0.29, 0.717) is 0 Å². The van der Waals surface area contributed by atoms with E-state index >= 15 is 0 Å². The van der Waals surface area contributed by atoms with Crippen LogP contribution < -0.4 is 5.73 Å². The van der Waals surface area contributed by atoms with E-state index in [1.807, 2.05) is 6.92 Å². The van der Waals surface area contributed by atoms with E-state index in [-0.39, 0.29) is 11.5 Å². The van der Waals surface area contributed by atoms with Gasteiger partial charge in [0, 0.05) is 5.41 Å². The second kappa shape index (κ2) is 4.18. The van der Waals surface area contributed by atoms with E-state index in [1.165, 1.54) is 37.1 Å². The zero-order valence-corrected chi connectivity index (χ0v) is 10.3. The Morgan fingerprint density at radius 2 is 1.93 bits per heavy atom. The van der Waals surface area contributed by atoms with Gasteiger partial charge in [0.2, 0.25) is 0 Å². The third kappa shape index (κ3) is 2.21. The van der Waals surface area contributed by atoms with Gasteiger partial charge >= 0.3 is 0 Å². The molecule has 2 rings (SSSR count). The molecule has 3 nitrogen and oxygen atoms in total. The molecule has 2 N–H and O–H groups in total. The maximum atomic E-state index is 5.81. The number of hydrogen-bond donors (Lipinski definition) is 1. The van der Waals surface area contributed by atoms with Gasteiger partial charge in [0.1, 0.15) is 10.0 Å². The van der Waals surface area contributed by atoms with Crippen LogP contribution in [0.15, 0.2) is 0 Å². The molecule has 84 valence electrons. The van der Waals surface area contributed by atoms with Gasteiger partial charge in [-0.1, -0.05) is 37.5 Å². The van der Waals surface area contributed by atoms with Gasteiger partial charge in [0.05, 0.1) is 6.04 Å². The fourth-order valence-corrected chi connectivity index (χ4v) is 3.21. The SMILES string of the molecule is CC(N)c1nnc(C2(C)CCCCC2)s1. The summed E-state index contributed by atoms with van der Waals surface area (Å²) in [4.78, 5) is 0. The minimum Gasteiger partial charge on any atom is -0.322 e. The molecular weight excluding hydrogens is 206 g/mol. The first-order valence-corrected chi connectivity index (χ1v) is 6.53. The third-order valence-electron chi connectivity index (χ3n) is 3.30. The van der Waals surface area contributed by atoms with Crippen molar-refractivity contribution in [3.05, 3.63) is 10.0 Å². The molecule has 1 heterocycles. The second-order valence-corrected chi connectivity index (χ2v) is 5.86. The smallest absolute Gasteiger partial charge is 0.133 e. The minimum atomic E-state index is 0.0171. The number of rotatable bonds is 2. The van der Waals surface area contributed by atoms with Crippen molar-refractivity contribution in [2.24, 2.45) is 5.73 Å². The van der Waals surface area contributed by atoms with Crippen molar-refractivity contribution in [3.8, 4) is 0 Å². The van der Waals surface area contributed by atoms with Crippen molar-refractivity contribution < 1.29 is 0 Å². The zero-order chi connectivity index (χ0) is 10.9. The Morgan fingerprint density at radius 3 is 2.47 bits per heavy atom. The van der Waals surface area contributed by atoms with Gasteiger partial charge in [-0.15, -0.1) is 10.2 Å². The molecule has 0 aliphatic heterocycles. The summed E-state index contributed by atoms with van der Waals surface area (Å²) in [7, 11) is 0. The molecular formula is C11H19N3S. The molecule has 1 aliphatic rings. The standard InChI is InChI=1S/C11H19N3S/c1-8(12)9-13-14-10(15-9)11(2)6-4-3-5-7-11/h8H,3-7,12H2,1-2H3. The van der Waals surface area contributed by atoms with Gasteiger partial charge in [-0.2, -0.15) is 0 Å². The van der Waals surface area contributed by atoms with Crippen LogP contribution in [-0.2, 0) is 5.41 Å². The fourth-order valence-electron chi connectivity index (χ4n) is 2.21. The summed E-state index contributed by atoms with van der Waals surface area (Å²) in [5.74, 6) is 0. The molecule has 1 fully saturated rings. The summed E-state index contributed by atoms with van der Waals surface area (Å²) in [6.45, 7) is 4.28. The summed E-state index contributed by atoms with van der Waals surface area (Å²) in [6.07, 6.45) is 6.52. The first-order chi connectivity index (χ1) is 7.12. The average molecular weight is 225 g/mol. The Morgan fingerprint density at radius 1 is 1.27 bits per heavy atom. The quantitative estimate of drug-likeness (QED) is 0.842. The van der Waals surface area contributed by atoms with Crippen molar-refractivity contribution >= 4 is 11.3 Å². The van der Waals surface area contributed by atoms with Crippen LogP contribution in [0.5, 0.6) is 0 Å². The van der Waals surface area contributed by atoms with Gasteiger partial charge in [-0.05, 0) is 19.8 Å². The van der Waals surface area contributed by atoms with Crippen LogP contribution in [0.3, 0.4) is 0 Å².